The van der Waals surface area contributed by atoms with E-state index in [1.54, 1.807) is 13.3 Å². The number of nitrogens with two attached hydrogens (primary N) is 1. The van der Waals surface area contributed by atoms with E-state index in [2.05, 4.69) is 4.99 Å². The predicted molar refractivity (Wildman–Crippen MR) is 59.6 cm³/mol. The first-order chi connectivity index (χ1) is 7.19. The van der Waals surface area contributed by atoms with Gasteiger partial charge in [0, 0.05) is 19.0 Å². The summed E-state index contributed by atoms with van der Waals surface area (Å²) in [5, 5.41) is 0. The van der Waals surface area contributed by atoms with Crippen LogP contribution >= 0.6 is 0 Å². The Morgan fingerprint density at radius 1 is 1.73 bits per heavy atom. The Labute approximate surface area is 90.2 Å². The van der Waals surface area contributed by atoms with Gasteiger partial charge < -0.3 is 10.5 Å². The zero-order valence-corrected chi connectivity index (χ0v) is 9.32. The van der Waals surface area contributed by atoms with Crippen LogP contribution in [0.2, 0.25) is 0 Å². The van der Waals surface area contributed by atoms with Crippen molar-refractivity contribution in [2.24, 2.45) is 16.6 Å². The van der Waals surface area contributed by atoms with Crippen LogP contribution in [0.3, 0.4) is 0 Å². The van der Waals surface area contributed by atoms with Gasteiger partial charge in [-0.25, -0.2) is 0 Å². The molecule has 0 heterocycles. The molecule has 1 rings (SSSR count). The van der Waals surface area contributed by atoms with Gasteiger partial charge in [-0.05, 0) is 31.8 Å². The van der Waals surface area contributed by atoms with Gasteiger partial charge in [0.05, 0.1) is 12.5 Å². The lowest BCUT2D eigenvalue weighted by Gasteiger charge is -2.22. The number of rotatable bonds is 3. The van der Waals surface area contributed by atoms with Gasteiger partial charge in [-0.15, -0.1) is 0 Å². The number of allylic oxidation sites excluding steroid dienone is 2. The fourth-order valence-corrected chi connectivity index (χ4v) is 1.74. The summed E-state index contributed by atoms with van der Waals surface area (Å²) in [7, 11) is 1.70. The average Bonchev–Trinajstić information content (AvgIpc) is 2.22. The first-order valence-electron chi connectivity index (χ1n) is 5.25. The van der Waals surface area contributed by atoms with E-state index in [4.69, 9.17) is 10.5 Å². The third-order valence-corrected chi connectivity index (χ3v) is 2.55. The highest BCUT2D eigenvalue weighted by Gasteiger charge is 2.25. The largest absolute Gasteiger partial charge is 0.466 e. The number of carbonyl (C=O) groups is 1. The lowest BCUT2D eigenvalue weighted by atomic mass is 9.87. The van der Waals surface area contributed by atoms with Gasteiger partial charge in [0.15, 0.2) is 0 Å². The van der Waals surface area contributed by atoms with Crippen LogP contribution in [0.5, 0.6) is 0 Å². The van der Waals surface area contributed by atoms with Gasteiger partial charge >= 0.3 is 5.97 Å². The second-order valence-corrected chi connectivity index (χ2v) is 3.63. The zero-order valence-electron chi connectivity index (χ0n) is 9.32. The maximum absolute atomic E-state index is 11.5. The summed E-state index contributed by atoms with van der Waals surface area (Å²) in [6.45, 7) is 2.26. The van der Waals surface area contributed by atoms with Gasteiger partial charge in [-0.3, -0.25) is 9.79 Å². The van der Waals surface area contributed by atoms with Gasteiger partial charge in [-0.1, -0.05) is 0 Å². The third-order valence-electron chi connectivity index (χ3n) is 2.55. The van der Waals surface area contributed by atoms with Gasteiger partial charge in [0.25, 0.3) is 0 Å². The molecule has 4 heteroatoms. The highest BCUT2D eigenvalue weighted by Crippen LogP contribution is 2.27. The molecule has 1 aliphatic rings. The summed E-state index contributed by atoms with van der Waals surface area (Å²) in [5.74, 6) is -0.169. The first kappa shape index (κ1) is 11.8. The topological polar surface area (TPSA) is 64.7 Å². The van der Waals surface area contributed by atoms with Crippen LogP contribution in [-0.2, 0) is 9.53 Å². The normalized spacial score (nSPS) is 22.1. The molecule has 0 saturated heterocycles. The van der Waals surface area contributed by atoms with Gasteiger partial charge in [0.2, 0.25) is 0 Å². The zero-order chi connectivity index (χ0) is 11.3. The molecule has 0 aromatic carbocycles. The van der Waals surface area contributed by atoms with Crippen molar-refractivity contribution in [1.82, 2.24) is 0 Å². The Morgan fingerprint density at radius 3 is 3.07 bits per heavy atom. The van der Waals surface area contributed by atoms with Crippen LogP contribution in [0.1, 0.15) is 26.2 Å². The number of ether oxygens (including phenoxy) is 1. The number of aliphatic imine (C=N–C) groups is 1. The van der Waals surface area contributed by atoms with Crippen molar-refractivity contribution in [2.45, 2.75) is 26.2 Å². The molecule has 0 aromatic heterocycles. The number of hydrogen-bond acceptors (Lipinski definition) is 4. The minimum atomic E-state index is -0.119. The molecule has 0 amide bonds. The summed E-state index contributed by atoms with van der Waals surface area (Å²) >= 11 is 0. The quantitative estimate of drug-likeness (QED) is 0.563. The van der Waals surface area contributed by atoms with E-state index in [0.29, 0.717) is 13.0 Å². The Kier molecular flexibility index (Phi) is 4.34. The molecular formula is C11H18N2O2. The van der Waals surface area contributed by atoms with E-state index in [9.17, 15) is 4.79 Å². The molecule has 4 nitrogen and oxygen atoms in total. The highest BCUT2D eigenvalue weighted by atomic mass is 16.5. The summed E-state index contributed by atoms with van der Waals surface area (Å²) in [6, 6.07) is 0. The van der Waals surface area contributed by atoms with Crippen molar-refractivity contribution in [3.8, 4) is 0 Å². The SMILES string of the molecule is CCOC(=O)C1CCC(N)=C(C=NC)C1. The molecule has 0 aromatic rings. The second-order valence-electron chi connectivity index (χ2n) is 3.63. The standard InChI is InChI=1S/C11H18N2O2/c1-3-15-11(14)8-4-5-10(12)9(6-8)7-13-2/h7-8H,3-6,12H2,1-2H3. The van der Waals surface area contributed by atoms with E-state index < -0.39 is 0 Å². The van der Waals surface area contributed by atoms with E-state index in [-0.39, 0.29) is 11.9 Å². The van der Waals surface area contributed by atoms with Crippen molar-refractivity contribution in [3.05, 3.63) is 11.3 Å². The Hall–Kier alpha value is -1.32. The molecule has 15 heavy (non-hydrogen) atoms. The smallest absolute Gasteiger partial charge is 0.309 e. The van der Waals surface area contributed by atoms with Gasteiger partial charge in [0.1, 0.15) is 0 Å². The molecule has 1 aliphatic carbocycles. The Morgan fingerprint density at radius 2 is 2.47 bits per heavy atom. The summed E-state index contributed by atoms with van der Waals surface area (Å²) < 4.78 is 5.00. The van der Waals surface area contributed by atoms with Crippen LogP contribution in [0.4, 0.5) is 0 Å². The lowest BCUT2D eigenvalue weighted by Crippen LogP contribution is -2.24. The molecule has 2 N–H and O–H groups in total. The van der Waals surface area contributed by atoms with Crippen LogP contribution in [-0.4, -0.2) is 25.8 Å². The molecule has 0 fully saturated rings. The van der Waals surface area contributed by atoms with E-state index >= 15 is 0 Å². The van der Waals surface area contributed by atoms with Crippen LogP contribution in [0.15, 0.2) is 16.3 Å². The molecule has 0 saturated carbocycles. The Balaban J connectivity index is 2.65. The van der Waals surface area contributed by atoms with Gasteiger partial charge in [-0.2, -0.15) is 0 Å². The molecule has 1 unspecified atom stereocenters. The minimum absolute atomic E-state index is 0.0507. The summed E-state index contributed by atoms with van der Waals surface area (Å²) in [5.41, 5.74) is 7.66. The summed E-state index contributed by atoms with van der Waals surface area (Å²) in [4.78, 5) is 15.5. The van der Waals surface area contributed by atoms with E-state index in [1.165, 1.54) is 0 Å². The Bertz CT molecular complexity index is 295. The number of nitrogens with zero attached hydrogens (tertiary/aromatic N) is 1. The number of esters is 1. The molecule has 0 aliphatic heterocycles. The van der Waals surface area contributed by atoms with Crippen LogP contribution in [0, 0.1) is 5.92 Å². The van der Waals surface area contributed by atoms with E-state index in [0.717, 1.165) is 24.1 Å². The maximum atomic E-state index is 11.5. The van der Waals surface area contributed by atoms with Crippen LogP contribution in [0.25, 0.3) is 0 Å². The monoisotopic (exact) mass is 210 g/mol. The molecule has 0 radical (unpaired) electrons. The molecular weight excluding hydrogens is 192 g/mol. The fraction of sp³-hybridized carbons (Fsp3) is 0.636. The molecule has 0 spiro atoms. The van der Waals surface area contributed by atoms with Crippen molar-refractivity contribution in [2.75, 3.05) is 13.7 Å². The van der Waals surface area contributed by atoms with Crippen molar-refractivity contribution in [1.29, 1.82) is 0 Å². The fourth-order valence-electron chi connectivity index (χ4n) is 1.74. The van der Waals surface area contributed by atoms with E-state index in [1.807, 2.05) is 6.92 Å². The molecule has 1 atom stereocenters. The third kappa shape index (κ3) is 3.08. The second kappa shape index (κ2) is 5.53. The maximum Gasteiger partial charge on any atom is 0.309 e. The molecule has 84 valence electrons. The predicted octanol–water partition coefficient (Wildman–Crippen LogP) is 1.26. The first-order valence-corrected chi connectivity index (χ1v) is 5.25. The lowest BCUT2D eigenvalue weighted by molar-refractivity contribution is -0.148. The average molecular weight is 210 g/mol. The number of hydrogen-bond donors (Lipinski definition) is 1. The van der Waals surface area contributed by atoms with Crippen molar-refractivity contribution in [3.63, 3.8) is 0 Å². The summed E-state index contributed by atoms with van der Waals surface area (Å²) in [6.07, 6.45) is 3.93. The highest BCUT2D eigenvalue weighted by molar-refractivity contribution is 5.82. The molecule has 0 bridgehead atoms. The number of carbonyl (C=O) groups excluding carboxylic acids is 1. The van der Waals surface area contributed by atoms with Crippen molar-refractivity contribution < 1.29 is 9.53 Å². The van der Waals surface area contributed by atoms with Crippen molar-refractivity contribution >= 4 is 12.2 Å². The van der Waals surface area contributed by atoms with Crippen LogP contribution < -0.4 is 5.73 Å². The minimum Gasteiger partial charge on any atom is -0.466 e.